The van der Waals surface area contributed by atoms with Crippen molar-refractivity contribution in [3.63, 3.8) is 0 Å². The van der Waals surface area contributed by atoms with E-state index in [4.69, 9.17) is 22.1 Å². The highest BCUT2D eigenvalue weighted by molar-refractivity contribution is 8.14. The van der Waals surface area contributed by atoms with Crippen molar-refractivity contribution in [2.75, 3.05) is 7.11 Å². The number of rotatable bonds is 5. The largest absolute Gasteiger partial charge is 0.497 e. The third-order valence-electron chi connectivity index (χ3n) is 3.81. The Hall–Kier alpha value is -2.43. The van der Waals surface area contributed by atoms with Crippen LogP contribution in [-0.4, -0.2) is 12.3 Å². The summed E-state index contributed by atoms with van der Waals surface area (Å²) in [6, 6.07) is 25.6. The average Bonchev–Trinajstić information content (AvgIpc) is 2.68. The summed E-state index contributed by atoms with van der Waals surface area (Å²) < 4.78 is 5.24. The van der Waals surface area contributed by atoms with Gasteiger partial charge in [-0.15, -0.1) is 0 Å². The summed E-state index contributed by atoms with van der Waals surface area (Å²) in [5.41, 5.74) is 9.29. The summed E-state index contributed by atoms with van der Waals surface area (Å²) in [5, 5.41) is 1.23. The van der Waals surface area contributed by atoms with E-state index in [1.165, 1.54) is 11.8 Å². The molecule has 3 nitrogen and oxygen atoms in total. The van der Waals surface area contributed by atoms with Crippen LogP contribution in [0.15, 0.2) is 83.9 Å². The molecule has 0 saturated carbocycles. The normalized spacial score (nSPS) is 12.6. The van der Waals surface area contributed by atoms with Crippen LogP contribution in [0, 0.1) is 0 Å². The zero-order valence-electron chi connectivity index (χ0n) is 14.3. The Bertz CT molecular complexity index is 882. The van der Waals surface area contributed by atoms with Crippen molar-refractivity contribution in [2.24, 2.45) is 10.7 Å². The molecular formula is C21H19ClN2OS. The Labute approximate surface area is 162 Å². The fraction of sp³-hybridized carbons (Fsp3) is 0.0952. The third-order valence-corrected chi connectivity index (χ3v) is 5.17. The van der Waals surface area contributed by atoms with Crippen LogP contribution in [0.1, 0.15) is 16.4 Å². The van der Waals surface area contributed by atoms with E-state index in [9.17, 15) is 0 Å². The topological polar surface area (TPSA) is 47.6 Å². The van der Waals surface area contributed by atoms with Crippen molar-refractivity contribution < 1.29 is 4.74 Å². The van der Waals surface area contributed by atoms with Crippen LogP contribution in [0.5, 0.6) is 5.75 Å². The van der Waals surface area contributed by atoms with E-state index in [0.717, 1.165) is 22.6 Å². The molecule has 2 N–H and O–H groups in total. The molecule has 0 spiro atoms. The van der Waals surface area contributed by atoms with Gasteiger partial charge < -0.3 is 10.5 Å². The van der Waals surface area contributed by atoms with Crippen molar-refractivity contribution in [1.82, 2.24) is 0 Å². The molecule has 132 valence electrons. The van der Waals surface area contributed by atoms with Crippen LogP contribution in [0.3, 0.4) is 0 Å². The minimum atomic E-state index is 0.0304. The molecule has 0 aliphatic carbocycles. The van der Waals surface area contributed by atoms with Crippen molar-refractivity contribution in [1.29, 1.82) is 0 Å². The van der Waals surface area contributed by atoms with Crippen molar-refractivity contribution in [2.45, 2.75) is 5.25 Å². The first-order valence-electron chi connectivity index (χ1n) is 8.11. The smallest absolute Gasteiger partial charge is 0.160 e. The average molecular weight is 383 g/mol. The van der Waals surface area contributed by atoms with Crippen LogP contribution in [0.4, 0.5) is 5.69 Å². The number of ether oxygens (including phenoxy) is 1. The van der Waals surface area contributed by atoms with Crippen molar-refractivity contribution in [3.8, 4) is 5.75 Å². The minimum absolute atomic E-state index is 0.0304. The predicted octanol–water partition coefficient (Wildman–Crippen LogP) is 5.82. The van der Waals surface area contributed by atoms with Crippen LogP contribution >= 0.6 is 23.4 Å². The second-order valence-corrected chi connectivity index (χ2v) is 7.17. The van der Waals surface area contributed by atoms with Gasteiger partial charge in [0.1, 0.15) is 5.75 Å². The first-order valence-corrected chi connectivity index (χ1v) is 9.37. The fourth-order valence-electron chi connectivity index (χ4n) is 2.55. The van der Waals surface area contributed by atoms with Gasteiger partial charge in [-0.1, -0.05) is 71.9 Å². The molecule has 0 aromatic heterocycles. The summed E-state index contributed by atoms with van der Waals surface area (Å²) in [7, 11) is 1.63. The summed E-state index contributed by atoms with van der Waals surface area (Å²) in [5.74, 6) is 0.751. The number of amidine groups is 1. The molecule has 0 fully saturated rings. The van der Waals surface area contributed by atoms with Gasteiger partial charge in [-0.2, -0.15) is 0 Å². The number of halogens is 1. The van der Waals surface area contributed by atoms with Gasteiger partial charge in [0.2, 0.25) is 0 Å². The maximum absolute atomic E-state index is 6.25. The van der Waals surface area contributed by atoms with E-state index in [2.05, 4.69) is 17.1 Å². The van der Waals surface area contributed by atoms with Crippen LogP contribution < -0.4 is 10.5 Å². The standard InChI is InChI=1S/C21H19ClN2OS/c1-25-19-9-5-8-18(14-19)24-21(23)26-20(15-6-3-2-4-7-15)16-10-12-17(22)13-11-16/h2-14,20H,1H3,(H2,23,24)/t20-/m0/s1. The van der Waals surface area contributed by atoms with E-state index in [1.54, 1.807) is 7.11 Å². The molecule has 0 bridgehead atoms. The molecule has 0 unspecified atom stereocenters. The second kappa shape index (κ2) is 8.79. The van der Waals surface area contributed by atoms with Crippen LogP contribution in [-0.2, 0) is 0 Å². The minimum Gasteiger partial charge on any atom is -0.497 e. The van der Waals surface area contributed by atoms with Gasteiger partial charge in [0.15, 0.2) is 5.17 Å². The lowest BCUT2D eigenvalue weighted by molar-refractivity contribution is 0.415. The summed E-state index contributed by atoms with van der Waals surface area (Å²) in [6.07, 6.45) is 0. The van der Waals surface area contributed by atoms with E-state index in [-0.39, 0.29) is 5.25 Å². The Kier molecular flexibility index (Phi) is 6.21. The number of hydrogen-bond donors (Lipinski definition) is 1. The summed E-state index contributed by atoms with van der Waals surface area (Å²) in [4.78, 5) is 4.53. The molecule has 0 saturated heterocycles. The molecule has 26 heavy (non-hydrogen) atoms. The van der Waals surface area contributed by atoms with Gasteiger partial charge in [-0.25, -0.2) is 4.99 Å². The highest BCUT2D eigenvalue weighted by Crippen LogP contribution is 2.36. The lowest BCUT2D eigenvalue weighted by atomic mass is 10.0. The number of nitrogens with zero attached hydrogens (tertiary/aromatic N) is 1. The number of hydrogen-bond acceptors (Lipinski definition) is 3. The summed E-state index contributed by atoms with van der Waals surface area (Å²) in [6.45, 7) is 0. The molecule has 0 amide bonds. The quantitative estimate of drug-likeness (QED) is 0.447. The molecule has 0 aliphatic heterocycles. The maximum atomic E-state index is 6.25. The van der Waals surface area contributed by atoms with Crippen molar-refractivity contribution in [3.05, 3.63) is 95.0 Å². The number of aliphatic imine (C=N–C) groups is 1. The number of thioether (sulfide) groups is 1. The second-order valence-electron chi connectivity index (χ2n) is 5.61. The Morgan fingerprint density at radius 1 is 0.962 bits per heavy atom. The lowest BCUT2D eigenvalue weighted by Crippen LogP contribution is -2.10. The van der Waals surface area contributed by atoms with Gasteiger partial charge in [-0.05, 0) is 35.4 Å². The predicted molar refractivity (Wildman–Crippen MR) is 112 cm³/mol. The van der Waals surface area contributed by atoms with E-state index >= 15 is 0 Å². The monoisotopic (exact) mass is 382 g/mol. The van der Waals surface area contributed by atoms with Gasteiger partial charge in [0.25, 0.3) is 0 Å². The van der Waals surface area contributed by atoms with Gasteiger partial charge >= 0.3 is 0 Å². The van der Waals surface area contributed by atoms with Gasteiger partial charge in [-0.3, -0.25) is 0 Å². The summed E-state index contributed by atoms with van der Waals surface area (Å²) >= 11 is 7.55. The zero-order valence-corrected chi connectivity index (χ0v) is 15.9. The highest BCUT2D eigenvalue weighted by Gasteiger charge is 2.16. The SMILES string of the molecule is COc1cccc(N=C(N)S[C@@H](c2ccccc2)c2ccc(Cl)cc2)c1. The number of nitrogens with two attached hydrogens (primary N) is 1. The molecule has 3 aromatic carbocycles. The lowest BCUT2D eigenvalue weighted by Gasteiger charge is -2.17. The van der Waals surface area contributed by atoms with Gasteiger partial charge in [0, 0.05) is 11.1 Å². The molecule has 1 atom stereocenters. The fourth-order valence-corrected chi connectivity index (χ4v) is 3.66. The molecule has 0 radical (unpaired) electrons. The van der Waals surface area contributed by atoms with E-state index in [1.807, 2.05) is 66.7 Å². The Morgan fingerprint density at radius 2 is 1.65 bits per heavy atom. The Morgan fingerprint density at radius 3 is 2.35 bits per heavy atom. The molecule has 3 aromatic rings. The highest BCUT2D eigenvalue weighted by atomic mass is 35.5. The molecule has 0 aliphatic rings. The van der Waals surface area contributed by atoms with Crippen LogP contribution in [0.2, 0.25) is 5.02 Å². The van der Waals surface area contributed by atoms with Crippen LogP contribution in [0.25, 0.3) is 0 Å². The molecule has 5 heteroatoms. The first kappa shape index (κ1) is 18.4. The maximum Gasteiger partial charge on any atom is 0.160 e. The Balaban J connectivity index is 1.89. The third kappa shape index (κ3) is 4.81. The number of methoxy groups -OCH3 is 1. The van der Waals surface area contributed by atoms with Crippen molar-refractivity contribution >= 4 is 34.2 Å². The van der Waals surface area contributed by atoms with E-state index < -0.39 is 0 Å². The van der Waals surface area contributed by atoms with Gasteiger partial charge in [0.05, 0.1) is 18.0 Å². The molecule has 3 rings (SSSR count). The zero-order chi connectivity index (χ0) is 18.4. The molecular weight excluding hydrogens is 364 g/mol. The first-order chi connectivity index (χ1) is 12.7. The van der Waals surface area contributed by atoms with E-state index in [0.29, 0.717) is 10.2 Å². The molecule has 0 heterocycles. The number of benzene rings is 3.